The molecule has 0 saturated carbocycles. The average molecular weight is 407 g/mol. The fourth-order valence-corrected chi connectivity index (χ4v) is 6.78. The quantitative estimate of drug-likeness (QED) is 0.283. The monoisotopic (exact) mass is 406 g/mol. The second kappa shape index (κ2) is 6.91. The number of thioether (sulfide) groups is 1. The molecule has 0 N–H and O–H groups in total. The molecule has 0 saturated heterocycles. The number of benzene rings is 4. The summed E-state index contributed by atoms with van der Waals surface area (Å²) in [6.07, 6.45) is 0. The first kappa shape index (κ1) is 17.1. The van der Waals surface area contributed by atoms with Gasteiger partial charge in [-0.15, -0.1) is 23.1 Å². The van der Waals surface area contributed by atoms with Gasteiger partial charge in [-0.25, -0.2) is 0 Å². The Kier molecular flexibility index (Phi) is 4.07. The van der Waals surface area contributed by atoms with E-state index >= 15 is 0 Å². The molecule has 29 heavy (non-hydrogen) atoms. The summed E-state index contributed by atoms with van der Waals surface area (Å²) in [7, 11) is 0. The third kappa shape index (κ3) is 2.91. The molecule has 0 nitrogen and oxygen atoms in total. The number of hydrogen-bond acceptors (Lipinski definition) is 2. The Morgan fingerprint density at radius 2 is 1.24 bits per heavy atom. The van der Waals surface area contributed by atoms with E-state index in [1.807, 2.05) is 23.1 Å². The highest BCUT2D eigenvalue weighted by molar-refractivity contribution is 7.99. The van der Waals surface area contributed by atoms with Gasteiger partial charge in [-0.3, -0.25) is 0 Å². The van der Waals surface area contributed by atoms with Gasteiger partial charge in [0.25, 0.3) is 0 Å². The molecular weight excluding hydrogens is 388 g/mol. The Balaban J connectivity index is 1.47. The number of thiophene rings is 1. The van der Waals surface area contributed by atoms with E-state index in [-0.39, 0.29) is 0 Å². The largest absolute Gasteiger partial charge is 0.134 e. The van der Waals surface area contributed by atoms with Gasteiger partial charge in [-0.2, -0.15) is 0 Å². The molecule has 0 bridgehead atoms. The predicted octanol–water partition coefficient (Wildman–Crippen LogP) is 8.51. The van der Waals surface area contributed by atoms with E-state index in [4.69, 9.17) is 0 Å². The Morgan fingerprint density at radius 3 is 1.97 bits per heavy atom. The van der Waals surface area contributed by atoms with Crippen molar-refractivity contribution in [3.8, 4) is 32.7 Å². The second-order valence-corrected chi connectivity index (χ2v) is 9.40. The van der Waals surface area contributed by atoms with Gasteiger partial charge in [0, 0.05) is 25.6 Å². The third-order valence-corrected chi connectivity index (χ3v) is 8.06. The summed E-state index contributed by atoms with van der Waals surface area (Å²) in [5, 5.41) is 1.40. The van der Waals surface area contributed by atoms with E-state index < -0.39 is 0 Å². The molecule has 1 aliphatic heterocycles. The minimum Gasteiger partial charge on any atom is -0.134 e. The van der Waals surface area contributed by atoms with Crippen molar-refractivity contribution in [2.45, 2.75) is 10.6 Å². The van der Waals surface area contributed by atoms with Crippen LogP contribution in [0.15, 0.2) is 102 Å². The smallest absolute Gasteiger partial charge is 0.0494 e. The highest BCUT2D eigenvalue weighted by Crippen LogP contribution is 2.51. The zero-order chi connectivity index (χ0) is 19.2. The summed E-state index contributed by atoms with van der Waals surface area (Å²) in [6.45, 7) is 0. The van der Waals surface area contributed by atoms with Gasteiger partial charge in [0.1, 0.15) is 0 Å². The molecule has 0 aliphatic carbocycles. The van der Waals surface area contributed by atoms with Crippen LogP contribution in [0.5, 0.6) is 0 Å². The maximum atomic E-state index is 2.38. The molecule has 138 valence electrons. The van der Waals surface area contributed by atoms with Gasteiger partial charge in [0.05, 0.1) is 0 Å². The molecule has 2 heterocycles. The Morgan fingerprint density at radius 1 is 0.586 bits per heavy atom. The van der Waals surface area contributed by atoms with Crippen LogP contribution < -0.4 is 0 Å². The molecule has 1 aliphatic rings. The highest BCUT2D eigenvalue weighted by Gasteiger charge is 2.22. The van der Waals surface area contributed by atoms with Gasteiger partial charge >= 0.3 is 0 Å². The first-order chi connectivity index (χ1) is 14.4. The highest BCUT2D eigenvalue weighted by atomic mass is 32.2. The number of rotatable bonds is 2. The molecule has 0 unspecified atom stereocenters. The first-order valence-electron chi connectivity index (χ1n) is 9.80. The second-order valence-electron chi connectivity index (χ2n) is 7.36. The van der Waals surface area contributed by atoms with Crippen LogP contribution in [-0.2, 0) is 5.75 Å². The van der Waals surface area contributed by atoms with E-state index in [0.717, 1.165) is 5.75 Å². The third-order valence-electron chi connectivity index (χ3n) is 5.58. The van der Waals surface area contributed by atoms with E-state index in [2.05, 4.69) is 97.1 Å². The van der Waals surface area contributed by atoms with E-state index in [1.165, 1.54) is 53.2 Å². The van der Waals surface area contributed by atoms with Crippen LogP contribution in [0.1, 0.15) is 5.56 Å². The molecule has 5 aromatic rings. The molecule has 0 amide bonds. The summed E-state index contributed by atoms with van der Waals surface area (Å²) >= 11 is 3.92. The molecule has 0 radical (unpaired) electrons. The van der Waals surface area contributed by atoms with E-state index in [9.17, 15) is 0 Å². The average Bonchev–Trinajstić information content (AvgIpc) is 3.18. The van der Waals surface area contributed by atoms with Crippen LogP contribution in [0.25, 0.3) is 42.8 Å². The lowest BCUT2D eigenvalue weighted by Crippen LogP contribution is -1.94. The lowest BCUT2D eigenvalue weighted by Gasteiger charge is -2.17. The van der Waals surface area contributed by atoms with Gasteiger partial charge in [0.2, 0.25) is 0 Å². The molecule has 1 aromatic heterocycles. The van der Waals surface area contributed by atoms with Crippen LogP contribution >= 0.6 is 23.1 Å². The molecule has 0 fully saturated rings. The van der Waals surface area contributed by atoms with Crippen molar-refractivity contribution in [3.63, 3.8) is 0 Å². The molecular formula is C27H18S2. The van der Waals surface area contributed by atoms with Crippen LogP contribution in [0.3, 0.4) is 0 Å². The van der Waals surface area contributed by atoms with Crippen molar-refractivity contribution in [2.24, 2.45) is 0 Å². The van der Waals surface area contributed by atoms with Crippen LogP contribution in [0.2, 0.25) is 0 Å². The van der Waals surface area contributed by atoms with Crippen LogP contribution in [0.4, 0.5) is 0 Å². The van der Waals surface area contributed by atoms with Crippen molar-refractivity contribution in [1.82, 2.24) is 0 Å². The standard InChI is InChI=1S/C27H18S2/c1-3-7-18(8-4-1)20-11-13-23-22(15-20)17-28-26-24-14-12-21(16-25(24)29-27(23)26)19-9-5-2-6-10-19/h1-16H,17H2. The summed E-state index contributed by atoms with van der Waals surface area (Å²) < 4.78 is 1.38. The summed E-state index contributed by atoms with van der Waals surface area (Å²) in [6, 6.07) is 35.2. The van der Waals surface area contributed by atoms with E-state index in [0.29, 0.717) is 0 Å². The summed E-state index contributed by atoms with van der Waals surface area (Å²) in [4.78, 5) is 2.88. The zero-order valence-electron chi connectivity index (χ0n) is 15.8. The number of hydrogen-bond donors (Lipinski definition) is 0. The normalized spacial score (nSPS) is 12.6. The molecule has 2 heteroatoms. The van der Waals surface area contributed by atoms with Gasteiger partial charge in [-0.1, -0.05) is 84.9 Å². The fourth-order valence-electron chi connectivity index (χ4n) is 4.10. The van der Waals surface area contributed by atoms with Gasteiger partial charge in [0.15, 0.2) is 0 Å². The summed E-state index contributed by atoms with van der Waals surface area (Å²) in [5.41, 5.74) is 8.01. The molecule has 0 spiro atoms. The van der Waals surface area contributed by atoms with Crippen molar-refractivity contribution in [1.29, 1.82) is 0 Å². The van der Waals surface area contributed by atoms with Crippen molar-refractivity contribution < 1.29 is 0 Å². The predicted molar refractivity (Wildman–Crippen MR) is 128 cm³/mol. The Hall–Kier alpha value is -2.81. The van der Waals surface area contributed by atoms with Gasteiger partial charge in [-0.05, 0) is 45.5 Å². The Bertz CT molecular complexity index is 1330. The maximum absolute atomic E-state index is 2.38. The van der Waals surface area contributed by atoms with Crippen LogP contribution in [0, 0.1) is 0 Å². The van der Waals surface area contributed by atoms with E-state index in [1.54, 1.807) is 0 Å². The van der Waals surface area contributed by atoms with Crippen molar-refractivity contribution in [3.05, 3.63) is 103 Å². The molecule has 4 aromatic carbocycles. The van der Waals surface area contributed by atoms with Crippen molar-refractivity contribution in [2.75, 3.05) is 0 Å². The zero-order valence-corrected chi connectivity index (χ0v) is 17.4. The molecule has 0 atom stereocenters. The lowest BCUT2D eigenvalue weighted by molar-refractivity contribution is 1.37. The minimum atomic E-state index is 1.04. The minimum absolute atomic E-state index is 1.04. The fraction of sp³-hybridized carbons (Fsp3) is 0.0370. The lowest BCUT2D eigenvalue weighted by atomic mass is 9.98. The van der Waals surface area contributed by atoms with Crippen molar-refractivity contribution >= 4 is 33.2 Å². The van der Waals surface area contributed by atoms with Gasteiger partial charge < -0.3 is 0 Å². The maximum Gasteiger partial charge on any atom is 0.0494 e. The van der Waals surface area contributed by atoms with Crippen LogP contribution in [-0.4, -0.2) is 0 Å². The number of fused-ring (bicyclic) bond motifs is 5. The Labute approximate surface area is 178 Å². The topological polar surface area (TPSA) is 0 Å². The summed E-state index contributed by atoms with van der Waals surface area (Å²) in [5.74, 6) is 1.04. The SMILES string of the molecule is c1ccc(-c2ccc3c(c2)CSc2c-3sc3cc(-c4ccccc4)ccc23)cc1. The first-order valence-corrected chi connectivity index (χ1v) is 11.6. The molecule has 6 rings (SSSR count).